The van der Waals surface area contributed by atoms with E-state index in [1.54, 1.807) is 0 Å². The molecular weight excluding hydrogens is 309 g/mol. The van der Waals surface area contributed by atoms with Crippen molar-refractivity contribution in [3.8, 4) is 0 Å². The minimum absolute atomic E-state index is 0.176. The summed E-state index contributed by atoms with van der Waals surface area (Å²) in [6, 6.07) is 4.64. The van der Waals surface area contributed by atoms with Crippen LogP contribution in [0.2, 0.25) is 0 Å². The number of hydrogen-bond acceptors (Lipinski definition) is 3. The van der Waals surface area contributed by atoms with Gasteiger partial charge in [0.2, 0.25) is 15.9 Å². The SMILES string of the molecule is CC(=O)N(CCNS(C)(=O)=O)c1ccccc1C(F)(F)F. The Kier molecular flexibility index (Phi) is 5.35. The van der Waals surface area contributed by atoms with E-state index < -0.39 is 27.7 Å². The van der Waals surface area contributed by atoms with Crippen LogP contribution in [-0.2, 0) is 21.0 Å². The van der Waals surface area contributed by atoms with Crippen LogP contribution in [0.3, 0.4) is 0 Å². The van der Waals surface area contributed by atoms with Gasteiger partial charge < -0.3 is 4.90 Å². The number of benzene rings is 1. The van der Waals surface area contributed by atoms with Gasteiger partial charge in [-0.3, -0.25) is 4.79 Å². The van der Waals surface area contributed by atoms with Gasteiger partial charge in [0.15, 0.2) is 0 Å². The number of nitrogens with one attached hydrogen (secondary N) is 1. The predicted octanol–water partition coefficient (Wildman–Crippen LogP) is 1.61. The molecule has 1 rings (SSSR count). The molecule has 0 bridgehead atoms. The zero-order valence-corrected chi connectivity index (χ0v) is 12.3. The highest BCUT2D eigenvalue weighted by Gasteiger charge is 2.35. The standard InChI is InChI=1S/C12H15F3N2O3S/c1-9(18)17(8-7-16-21(2,19)20)11-6-4-3-5-10(11)12(13,14)15/h3-6,16H,7-8H2,1-2H3. The second-order valence-electron chi connectivity index (χ2n) is 4.35. The van der Waals surface area contributed by atoms with Gasteiger partial charge in [0, 0.05) is 20.0 Å². The van der Waals surface area contributed by atoms with E-state index in [1.807, 2.05) is 0 Å². The molecule has 0 aromatic heterocycles. The molecule has 0 heterocycles. The lowest BCUT2D eigenvalue weighted by Crippen LogP contribution is -2.38. The second kappa shape index (κ2) is 6.44. The molecule has 0 saturated heterocycles. The van der Waals surface area contributed by atoms with E-state index in [0.29, 0.717) is 0 Å². The topological polar surface area (TPSA) is 66.5 Å². The first-order valence-electron chi connectivity index (χ1n) is 5.91. The number of rotatable bonds is 5. The van der Waals surface area contributed by atoms with Crippen molar-refractivity contribution in [3.63, 3.8) is 0 Å². The van der Waals surface area contributed by atoms with Crippen LogP contribution >= 0.6 is 0 Å². The fourth-order valence-corrected chi connectivity index (χ4v) is 2.20. The van der Waals surface area contributed by atoms with Gasteiger partial charge >= 0.3 is 6.18 Å². The summed E-state index contributed by atoms with van der Waals surface area (Å²) < 4.78 is 62.8. The summed E-state index contributed by atoms with van der Waals surface area (Å²) in [6.07, 6.45) is -3.68. The summed E-state index contributed by atoms with van der Waals surface area (Å²) in [7, 11) is -3.48. The van der Waals surface area contributed by atoms with Crippen molar-refractivity contribution in [2.24, 2.45) is 0 Å². The van der Waals surface area contributed by atoms with Gasteiger partial charge in [-0.2, -0.15) is 13.2 Å². The molecule has 0 aliphatic carbocycles. The molecule has 0 aliphatic heterocycles. The van der Waals surface area contributed by atoms with Crippen LogP contribution in [0.1, 0.15) is 12.5 Å². The summed E-state index contributed by atoms with van der Waals surface area (Å²) in [6.45, 7) is 0.744. The molecular formula is C12H15F3N2O3S. The fraction of sp³-hybridized carbons (Fsp3) is 0.417. The smallest absolute Gasteiger partial charge is 0.311 e. The minimum atomic E-state index is -4.60. The zero-order chi connectivity index (χ0) is 16.3. The van der Waals surface area contributed by atoms with Gasteiger partial charge in [-0.05, 0) is 12.1 Å². The Morgan fingerprint density at radius 2 is 1.86 bits per heavy atom. The highest BCUT2D eigenvalue weighted by Crippen LogP contribution is 2.36. The average molecular weight is 324 g/mol. The van der Waals surface area contributed by atoms with Crippen molar-refractivity contribution in [2.45, 2.75) is 13.1 Å². The lowest BCUT2D eigenvalue weighted by Gasteiger charge is -2.24. The number of amides is 1. The summed E-state index contributed by atoms with van der Waals surface area (Å²) in [4.78, 5) is 12.5. The minimum Gasteiger partial charge on any atom is -0.311 e. The quantitative estimate of drug-likeness (QED) is 0.895. The van der Waals surface area contributed by atoms with Crippen LogP contribution in [0.25, 0.3) is 0 Å². The van der Waals surface area contributed by atoms with Crippen molar-refractivity contribution in [3.05, 3.63) is 29.8 Å². The first-order chi connectivity index (χ1) is 9.52. The number of para-hydroxylation sites is 1. The van der Waals surface area contributed by atoms with E-state index >= 15 is 0 Å². The lowest BCUT2D eigenvalue weighted by molar-refractivity contribution is -0.137. The van der Waals surface area contributed by atoms with Crippen LogP contribution < -0.4 is 9.62 Å². The van der Waals surface area contributed by atoms with Crippen molar-refractivity contribution in [1.82, 2.24) is 4.72 Å². The Bertz CT molecular complexity index is 614. The second-order valence-corrected chi connectivity index (χ2v) is 6.19. The largest absolute Gasteiger partial charge is 0.418 e. The summed E-state index contributed by atoms with van der Waals surface area (Å²) in [5.41, 5.74) is -1.24. The van der Waals surface area contributed by atoms with Crippen molar-refractivity contribution >= 4 is 21.6 Å². The number of alkyl halides is 3. The Hall–Kier alpha value is -1.61. The van der Waals surface area contributed by atoms with E-state index in [9.17, 15) is 26.4 Å². The van der Waals surface area contributed by atoms with Gasteiger partial charge in [0.05, 0.1) is 17.5 Å². The molecule has 1 amide bonds. The molecule has 0 atom stereocenters. The van der Waals surface area contributed by atoms with Crippen LogP contribution in [0.4, 0.5) is 18.9 Å². The predicted molar refractivity (Wildman–Crippen MR) is 72.3 cm³/mol. The number of hydrogen-bond donors (Lipinski definition) is 1. The normalized spacial score (nSPS) is 12.2. The van der Waals surface area contributed by atoms with Gasteiger partial charge in [0.1, 0.15) is 0 Å². The van der Waals surface area contributed by atoms with Crippen LogP contribution in [0, 0.1) is 0 Å². The molecule has 5 nitrogen and oxygen atoms in total. The molecule has 21 heavy (non-hydrogen) atoms. The number of halogens is 3. The Balaban J connectivity index is 3.05. The number of nitrogens with zero attached hydrogens (tertiary/aromatic N) is 1. The molecule has 0 aliphatic rings. The maximum absolute atomic E-state index is 12.9. The molecule has 1 aromatic carbocycles. The zero-order valence-electron chi connectivity index (χ0n) is 11.4. The number of sulfonamides is 1. The molecule has 9 heteroatoms. The van der Waals surface area contributed by atoms with E-state index in [2.05, 4.69) is 4.72 Å². The lowest BCUT2D eigenvalue weighted by atomic mass is 10.1. The number of anilines is 1. The van der Waals surface area contributed by atoms with Crippen molar-refractivity contribution in [1.29, 1.82) is 0 Å². The van der Waals surface area contributed by atoms with Crippen LogP contribution in [0.15, 0.2) is 24.3 Å². The molecule has 0 spiro atoms. The van der Waals surface area contributed by atoms with E-state index in [-0.39, 0.29) is 18.8 Å². The number of carbonyl (C=O) groups is 1. The summed E-state index contributed by atoms with van der Waals surface area (Å²) in [5, 5.41) is 0. The number of carbonyl (C=O) groups excluding carboxylic acids is 1. The Labute approximate surface area is 120 Å². The average Bonchev–Trinajstić information content (AvgIpc) is 2.32. The molecule has 0 fully saturated rings. The summed E-state index contributed by atoms with van der Waals surface area (Å²) >= 11 is 0. The van der Waals surface area contributed by atoms with Gasteiger partial charge in [-0.15, -0.1) is 0 Å². The van der Waals surface area contributed by atoms with Crippen molar-refractivity contribution < 1.29 is 26.4 Å². The molecule has 1 N–H and O–H groups in total. The highest BCUT2D eigenvalue weighted by molar-refractivity contribution is 7.88. The molecule has 0 radical (unpaired) electrons. The fourth-order valence-electron chi connectivity index (χ4n) is 1.74. The monoisotopic (exact) mass is 324 g/mol. The Morgan fingerprint density at radius 1 is 1.29 bits per heavy atom. The first-order valence-corrected chi connectivity index (χ1v) is 7.80. The van der Waals surface area contributed by atoms with E-state index in [4.69, 9.17) is 0 Å². The highest BCUT2D eigenvalue weighted by atomic mass is 32.2. The molecule has 118 valence electrons. The first kappa shape index (κ1) is 17.4. The Morgan fingerprint density at radius 3 is 2.33 bits per heavy atom. The third-order valence-corrected chi connectivity index (χ3v) is 3.31. The third-order valence-electron chi connectivity index (χ3n) is 2.58. The molecule has 0 saturated carbocycles. The van der Waals surface area contributed by atoms with Crippen LogP contribution in [0.5, 0.6) is 0 Å². The van der Waals surface area contributed by atoms with Crippen molar-refractivity contribution in [2.75, 3.05) is 24.2 Å². The van der Waals surface area contributed by atoms with Crippen LogP contribution in [-0.4, -0.2) is 33.7 Å². The van der Waals surface area contributed by atoms with Gasteiger partial charge in [-0.1, -0.05) is 12.1 Å². The summed E-state index contributed by atoms with van der Waals surface area (Å²) in [5.74, 6) is -0.609. The maximum atomic E-state index is 12.9. The van der Waals surface area contributed by atoms with E-state index in [1.165, 1.54) is 18.2 Å². The van der Waals surface area contributed by atoms with E-state index in [0.717, 1.165) is 24.1 Å². The molecule has 0 unspecified atom stereocenters. The maximum Gasteiger partial charge on any atom is 0.418 e. The van der Waals surface area contributed by atoms with Gasteiger partial charge in [-0.25, -0.2) is 13.1 Å². The molecule has 1 aromatic rings. The van der Waals surface area contributed by atoms with Gasteiger partial charge in [0.25, 0.3) is 0 Å². The third kappa shape index (κ3) is 5.35.